The van der Waals surface area contributed by atoms with Crippen LogP contribution in [0.3, 0.4) is 0 Å². The highest BCUT2D eigenvalue weighted by atomic mass is 127. The van der Waals surface area contributed by atoms with E-state index in [-0.39, 0.29) is 40.7 Å². The molecule has 0 saturated carbocycles. The Labute approximate surface area is 186 Å². The number of nitrogens with zero attached hydrogens (tertiary/aromatic N) is 3. The molecular formula is C18H24FIN6O2S. The number of aliphatic imine (C=N–C) groups is 1. The monoisotopic (exact) mass is 534 g/mol. The van der Waals surface area contributed by atoms with Crippen molar-refractivity contribution in [2.24, 2.45) is 10.1 Å². The molecule has 0 amide bonds. The van der Waals surface area contributed by atoms with Crippen LogP contribution in [-0.4, -0.2) is 45.5 Å². The van der Waals surface area contributed by atoms with E-state index in [0.717, 1.165) is 12.0 Å². The van der Waals surface area contributed by atoms with Gasteiger partial charge in [-0.2, -0.15) is 0 Å². The molecule has 1 aliphatic rings. The first kappa shape index (κ1) is 23.3. The van der Waals surface area contributed by atoms with E-state index in [1.54, 1.807) is 31.4 Å². The quantitative estimate of drug-likeness (QED) is 0.304. The number of benzene rings is 1. The number of pyridine rings is 1. The zero-order valence-electron chi connectivity index (χ0n) is 15.9. The van der Waals surface area contributed by atoms with Crippen LogP contribution < -0.4 is 20.7 Å². The van der Waals surface area contributed by atoms with Gasteiger partial charge in [0, 0.05) is 38.9 Å². The summed E-state index contributed by atoms with van der Waals surface area (Å²) in [5.74, 6) is 0.655. The van der Waals surface area contributed by atoms with Gasteiger partial charge in [-0.3, -0.25) is 4.99 Å². The second-order valence-electron chi connectivity index (χ2n) is 6.50. The number of hydrogen-bond acceptors (Lipinski definition) is 5. The van der Waals surface area contributed by atoms with Crippen LogP contribution >= 0.6 is 24.0 Å². The molecule has 3 rings (SSSR count). The van der Waals surface area contributed by atoms with Gasteiger partial charge >= 0.3 is 0 Å². The fourth-order valence-electron chi connectivity index (χ4n) is 3.05. The third-order valence-corrected chi connectivity index (χ3v) is 5.43. The van der Waals surface area contributed by atoms with E-state index in [1.807, 2.05) is 4.90 Å². The molecule has 0 aliphatic carbocycles. The van der Waals surface area contributed by atoms with Gasteiger partial charge in [-0.05, 0) is 36.2 Å². The van der Waals surface area contributed by atoms with Crippen LogP contribution in [0.1, 0.15) is 12.0 Å². The fraction of sp³-hybridized carbons (Fsp3) is 0.333. The number of hydrogen-bond donors (Lipinski definition) is 3. The number of aromatic nitrogens is 1. The Morgan fingerprint density at radius 3 is 2.69 bits per heavy atom. The lowest BCUT2D eigenvalue weighted by Crippen LogP contribution is -2.44. The summed E-state index contributed by atoms with van der Waals surface area (Å²) in [6.07, 6.45) is 2.42. The lowest BCUT2D eigenvalue weighted by atomic mass is 10.2. The van der Waals surface area contributed by atoms with E-state index in [1.165, 1.54) is 18.2 Å². The number of anilines is 1. The van der Waals surface area contributed by atoms with Crippen molar-refractivity contribution in [3.8, 4) is 0 Å². The Balaban J connectivity index is 0.00000300. The lowest BCUT2D eigenvalue weighted by Gasteiger charge is -2.20. The smallest absolute Gasteiger partial charge is 0.238 e. The van der Waals surface area contributed by atoms with Crippen LogP contribution in [0.5, 0.6) is 0 Å². The van der Waals surface area contributed by atoms with Crippen molar-refractivity contribution < 1.29 is 12.8 Å². The number of nitrogens with one attached hydrogen (secondary N) is 2. The number of halogens is 2. The molecule has 1 aromatic carbocycles. The number of primary sulfonamides is 1. The summed E-state index contributed by atoms with van der Waals surface area (Å²) in [5, 5.41) is 11.6. The summed E-state index contributed by atoms with van der Waals surface area (Å²) in [7, 11) is -2.02. The molecule has 0 bridgehead atoms. The molecule has 29 heavy (non-hydrogen) atoms. The maximum Gasteiger partial charge on any atom is 0.238 e. The average Bonchev–Trinajstić information content (AvgIpc) is 3.13. The summed E-state index contributed by atoms with van der Waals surface area (Å²) in [4.78, 5) is 10.3. The van der Waals surface area contributed by atoms with Gasteiger partial charge in [0.05, 0.1) is 4.90 Å². The van der Waals surface area contributed by atoms with E-state index in [0.29, 0.717) is 31.4 Å². The third kappa shape index (κ3) is 6.24. The van der Waals surface area contributed by atoms with Crippen LogP contribution in [0.4, 0.5) is 10.2 Å². The fourth-order valence-corrected chi connectivity index (χ4v) is 3.57. The highest BCUT2D eigenvalue weighted by Gasteiger charge is 2.25. The van der Waals surface area contributed by atoms with Crippen molar-refractivity contribution in [1.29, 1.82) is 0 Å². The Morgan fingerprint density at radius 2 is 2.07 bits per heavy atom. The van der Waals surface area contributed by atoms with Gasteiger partial charge in [-0.1, -0.05) is 12.1 Å². The molecule has 1 atom stereocenters. The molecule has 158 valence electrons. The minimum absolute atomic E-state index is 0. The number of nitrogens with two attached hydrogens (primary N) is 1. The Bertz CT molecular complexity index is 955. The van der Waals surface area contributed by atoms with E-state index in [2.05, 4.69) is 20.6 Å². The molecule has 1 fully saturated rings. The molecule has 0 radical (unpaired) electrons. The van der Waals surface area contributed by atoms with Crippen molar-refractivity contribution in [2.45, 2.75) is 23.9 Å². The topological polar surface area (TPSA) is 113 Å². The molecule has 1 unspecified atom stereocenters. The van der Waals surface area contributed by atoms with Crippen LogP contribution in [-0.2, 0) is 16.6 Å². The molecule has 1 aliphatic heterocycles. The minimum atomic E-state index is -3.70. The van der Waals surface area contributed by atoms with Crippen LogP contribution in [0.15, 0.2) is 52.5 Å². The van der Waals surface area contributed by atoms with Crippen molar-refractivity contribution in [1.82, 2.24) is 15.6 Å². The molecular weight excluding hydrogens is 510 g/mol. The van der Waals surface area contributed by atoms with Gasteiger partial charge in [-0.15, -0.1) is 24.0 Å². The molecule has 1 aromatic heterocycles. The van der Waals surface area contributed by atoms with Crippen LogP contribution in [0.25, 0.3) is 0 Å². The van der Waals surface area contributed by atoms with E-state index in [4.69, 9.17) is 5.14 Å². The van der Waals surface area contributed by atoms with Crippen molar-refractivity contribution >= 4 is 45.8 Å². The number of rotatable bonds is 5. The van der Waals surface area contributed by atoms with Gasteiger partial charge in [0.2, 0.25) is 10.0 Å². The van der Waals surface area contributed by atoms with E-state index >= 15 is 0 Å². The van der Waals surface area contributed by atoms with Crippen molar-refractivity contribution in [3.63, 3.8) is 0 Å². The number of guanidine groups is 1. The molecule has 0 spiro atoms. The molecule has 4 N–H and O–H groups in total. The predicted octanol–water partition coefficient (Wildman–Crippen LogP) is 1.43. The zero-order chi connectivity index (χ0) is 20.1. The first-order valence-electron chi connectivity index (χ1n) is 8.81. The Hall–Kier alpha value is -1.99. The maximum atomic E-state index is 13.9. The van der Waals surface area contributed by atoms with Gasteiger partial charge < -0.3 is 15.5 Å². The van der Waals surface area contributed by atoms with Gasteiger partial charge in [-0.25, -0.2) is 22.9 Å². The molecule has 1 saturated heterocycles. The molecule has 2 aromatic rings. The summed E-state index contributed by atoms with van der Waals surface area (Å²) < 4.78 is 36.5. The normalized spacial score (nSPS) is 17.0. The van der Waals surface area contributed by atoms with Gasteiger partial charge in [0.15, 0.2) is 17.6 Å². The molecule has 8 nitrogen and oxygen atoms in total. The zero-order valence-corrected chi connectivity index (χ0v) is 19.0. The first-order chi connectivity index (χ1) is 13.4. The summed E-state index contributed by atoms with van der Waals surface area (Å²) in [5.41, 5.74) is 0.888. The van der Waals surface area contributed by atoms with Gasteiger partial charge in [0.1, 0.15) is 0 Å². The minimum Gasteiger partial charge on any atom is -0.352 e. The first-order valence-corrected chi connectivity index (χ1v) is 10.4. The Kier molecular flexibility index (Phi) is 8.16. The number of sulfonamides is 1. The average molecular weight is 534 g/mol. The SMILES string of the molecule is CN=C(NCc1ccc(S(N)(=O)=O)cc1)NC1CCN(c2ncccc2F)C1.I. The lowest BCUT2D eigenvalue weighted by molar-refractivity contribution is 0.597. The van der Waals surface area contributed by atoms with Crippen LogP contribution in [0, 0.1) is 5.82 Å². The second-order valence-corrected chi connectivity index (χ2v) is 8.06. The Morgan fingerprint density at radius 1 is 1.34 bits per heavy atom. The highest BCUT2D eigenvalue weighted by molar-refractivity contribution is 14.0. The van der Waals surface area contributed by atoms with Crippen molar-refractivity contribution in [3.05, 3.63) is 54.0 Å². The molecule has 11 heteroatoms. The summed E-state index contributed by atoms with van der Waals surface area (Å²) >= 11 is 0. The summed E-state index contributed by atoms with van der Waals surface area (Å²) in [6, 6.07) is 9.42. The largest absolute Gasteiger partial charge is 0.352 e. The highest BCUT2D eigenvalue weighted by Crippen LogP contribution is 2.20. The van der Waals surface area contributed by atoms with E-state index < -0.39 is 10.0 Å². The van der Waals surface area contributed by atoms with Gasteiger partial charge in [0.25, 0.3) is 0 Å². The maximum absolute atomic E-state index is 13.9. The van der Waals surface area contributed by atoms with E-state index in [9.17, 15) is 12.8 Å². The standard InChI is InChI=1S/C18H23FN6O2S.HI/c1-21-18(23-11-13-4-6-15(7-5-13)28(20,26)27)24-14-8-10-25(12-14)17-16(19)3-2-9-22-17;/h2-7,9,14H,8,10-12H2,1H3,(H2,20,26,27)(H2,21,23,24);1H. The second kappa shape index (κ2) is 10.2. The predicted molar refractivity (Wildman–Crippen MR) is 121 cm³/mol. The molecule has 2 heterocycles. The van der Waals surface area contributed by atoms with Crippen LogP contribution in [0.2, 0.25) is 0 Å². The van der Waals surface area contributed by atoms with Crippen molar-refractivity contribution in [2.75, 3.05) is 25.0 Å². The third-order valence-electron chi connectivity index (χ3n) is 4.50. The summed E-state index contributed by atoms with van der Waals surface area (Å²) in [6.45, 7) is 1.80.